The van der Waals surface area contributed by atoms with Gasteiger partial charge in [-0.15, -0.1) is 12.8 Å². The van der Waals surface area contributed by atoms with Crippen molar-refractivity contribution in [1.29, 1.82) is 0 Å². The van der Waals surface area contributed by atoms with Crippen LogP contribution in [0.4, 0.5) is 22.7 Å². The maximum atomic E-state index is 12.2. The summed E-state index contributed by atoms with van der Waals surface area (Å²) in [5.74, 6) is 1.83. The number of aryl methyl sites for hydroxylation is 2. The van der Waals surface area contributed by atoms with Crippen LogP contribution in [0.5, 0.6) is 23.0 Å². The fourth-order valence-corrected chi connectivity index (χ4v) is 9.00. The number of anilines is 4. The Balaban J connectivity index is 0.00000268. The number of fused-ring (bicyclic) bond motifs is 2. The van der Waals surface area contributed by atoms with Gasteiger partial charge in [-0.05, 0) is 117 Å². The number of para-hydroxylation sites is 4. The summed E-state index contributed by atoms with van der Waals surface area (Å²) >= 11 is 0. The number of hydrogen-bond donors (Lipinski definition) is 2. The van der Waals surface area contributed by atoms with Crippen LogP contribution in [-0.2, 0) is 12.8 Å². The van der Waals surface area contributed by atoms with Gasteiger partial charge in [-0.3, -0.25) is 0 Å². The smallest absolute Gasteiger partial charge is 0.147 e. The highest BCUT2D eigenvalue weighted by atomic mass is 16.5. The van der Waals surface area contributed by atoms with Crippen LogP contribution in [0.2, 0.25) is 0 Å². The van der Waals surface area contributed by atoms with E-state index in [1.165, 1.54) is 11.1 Å². The summed E-state index contributed by atoms with van der Waals surface area (Å²) in [6.45, 7) is 5.38. The molecular formula is C57H54N2O4. The second kappa shape index (κ2) is 19.6. The molecule has 0 radical (unpaired) electrons. The van der Waals surface area contributed by atoms with Crippen LogP contribution < -0.4 is 19.3 Å². The van der Waals surface area contributed by atoms with Crippen molar-refractivity contribution in [1.82, 2.24) is 0 Å². The van der Waals surface area contributed by atoms with Gasteiger partial charge >= 0.3 is 0 Å². The number of nitrogens with zero attached hydrogens (tertiary/aromatic N) is 2. The predicted molar refractivity (Wildman–Crippen MR) is 260 cm³/mol. The summed E-state index contributed by atoms with van der Waals surface area (Å²) in [4.78, 5) is 4.40. The van der Waals surface area contributed by atoms with Crippen LogP contribution in [-0.4, -0.2) is 35.5 Å². The number of hydrogen-bond acceptors (Lipinski definition) is 6. The van der Waals surface area contributed by atoms with Gasteiger partial charge in [0.25, 0.3) is 0 Å². The van der Waals surface area contributed by atoms with Gasteiger partial charge in [0.05, 0.1) is 11.4 Å². The van der Waals surface area contributed by atoms with E-state index in [1.807, 2.05) is 60.7 Å². The monoisotopic (exact) mass is 830 g/mol. The van der Waals surface area contributed by atoms with E-state index < -0.39 is 0 Å². The zero-order valence-corrected chi connectivity index (χ0v) is 36.0. The molecule has 2 N–H and O–H groups in total. The lowest BCUT2D eigenvalue weighted by atomic mass is 9.98. The molecule has 0 aromatic heterocycles. The molecule has 1 saturated carbocycles. The average molecular weight is 831 g/mol. The Kier molecular flexibility index (Phi) is 13.1. The minimum absolute atomic E-state index is 0.213. The lowest BCUT2D eigenvalue weighted by molar-refractivity contribution is 0.0787. The summed E-state index contributed by atoms with van der Waals surface area (Å²) in [6.07, 6.45) is 28.7. The second-order valence-electron chi connectivity index (χ2n) is 16.2. The van der Waals surface area contributed by atoms with E-state index in [0.717, 1.165) is 88.2 Å². The van der Waals surface area contributed by atoms with Gasteiger partial charge in [-0.25, -0.2) is 0 Å². The third-order valence-electron chi connectivity index (χ3n) is 11.9. The first kappa shape index (κ1) is 42.3. The average Bonchev–Trinajstić information content (AvgIpc) is 3.81. The van der Waals surface area contributed by atoms with Gasteiger partial charge in [0.15, 0.2) is 0 Å². The van der Waals surface area contributed by atoms with Gasteiger partial charge < -0.3 is 29.5 Å². The first-order valence-corrected chi connectivity index (χ1v) is 21.8. The molecule has 6 aromatic carbocycles. The lowest BCUT2D eigenvalue weighted by Gasteiger charge is -2.29. The molecule has 9 rings (SSSR count). The largest absolute Gasteiger partial charge is 0.505 e. The van der Waals surface area contributed by atoms with Gasteiger partial charge in [0.1, 0.15) is 35.2 Å². The summed E-state index contributed by atoms with van der Waals surface area (Å²) in [6, 6.07) is 41.0. The Labute approximate surface area is 372 Å². The van der Waals surface area contributed by atoms with Crippen molar-refractivity contribution in [3.8, 4) is 58.1 Å². The fourth-order valence-electron chi connectivity index (χ4n) is 9.00. The third-order valence-corrected chi connectivity index (χ3v) is 11.9. The van der Waals surface area contributed by atoms with Gasteiger partial charge in [0.2, 0.25) is 0 Å². The number of phenols is 2. The Bertz CT molecular complexity index is 2540. The number of ether oxygens (including phenoxy) is 2. The summed E-state index contributed by atoms with van der Waals surface area (Å²) < 4.78 is 13.9. The molecule has 1 fully saturated rings. The standard InChI is InChI=1S/C55H52N2O4.C2H2/c1-38-34-44(54(58)48(36-38)56-32-17-5-3-7-20-40-22-9-13-26-46(40)56)42-24-11-15-28-50(42)60-52-30-19-31-53(52)61-51-29-16-12-25-43(51)45-35-39(2)37-49(55(45)59)57-33-18-6-4-8-21-41-23-10-14-27-47(41)57;1-2/h3-18,22-29,34-37,52-53,58-59H,19-21,30-33H2,1-2H3;1-2H/b7-3-,8-4-,17-5-,18-6-;/t52-,53?;/m1./s1. The Hall–Kier alpha value is -7.36. The molecule has 6 aromatic rings. The lowest BCUT2D eigenvalue weighted by Crippen LogP contribution is -2.31. The molecule has 2 heterocycles. The zero-order valence-electron chi connectivity index (χ0n) is 36.0. The van der Waals surface area contributed by atoms with Crippen LogP contribution in [0.1, 0.15) is 41.5 Å². The van der Waals surface area contributed by atoms with E-state index in [1.54, 1.807) is 0 Å². The van der Waals surface area contributed by atoms with E-state index in [4.69, 9.17) is 9.47 Å². The van der Waals surface area contributed by atoms with E-state index in [9.17, 15) is 10.2 Å². The summed E-state index contributed by atoms with van der Waals surface area (Å²) in [5.41, 5.74) is 11.2. The maximum Gasteiger partial charge on any atom is 0.147 e. The van der Waals surface area contributed by atoms with Crippen LogP contribution in [0.25, 0.3) is 22.3 Å². The van der Waals surface area contributed by atoms with Crippen LogP contribution >= 0.6 is 0 Å². The Morgan fingerprint density at radius 3 is 1.33 bits per heavy atom. The van der Waals surface area contributed by atoms with Crippen molar-refractivity contribution < 1.29 is 19.7 Å². The topological polar surface area (TPSA) is 65.4 Å². The molecule has 6 heteroatoms. The van der Waals surface area contributed by atoms with Gasteiger partial charge in [-0.2, -0.15) is 0 Å². The highest BCUT2D eigenvalue weighted by Crippen LogP contribution is 2.48. The van der Waals surface area contributed by atoms with Crippen LogP contribution in [0.3, 0.4) is 0 Å². The predicted octanol–water partition coefficient (Wildman–Crippen LogP) is 13.3. The SMILES string of the molecule is C#C.Cc1cc(-c2ccccc2OC2CCC[C@H]2Oc2ccccc2-c2cc(C)cc(N3C/C=C\C=C/Cc4ccccc43)c2O)c(O)c(N2C/C=C\C=C/Cc3ccccc32)c1. The maximum absolute atomic E-state index is 12.2. The van der Waals surface area contributed by atoms with Crippen LogP contribution in [0.15, 0.2) is 170 Å². The first-order chi connectivity index (χ1) is 30.9. The van der Waals surface area contributed by atoms with E-state index >= 15 is 0 Å². The molecule has 1 unspecified atom stereocenters. The van der Waals surface area contributed by atoms with Crippen molar-refractivity contribution in [2.75, 3.05) is 22.9 Å². The number of allylic oxidation sites excluding steroid dienone is 6. The molecule has 3 aliphatic rings. The highest BCUT2D eigenvalue weighted by Gasteiger charge is 2.33. The molecule has 316 valence electrons. The van der Waals surface area contributed by atoms with E-state index in [-0.39, 0.29) is 23.7 Å². The molecular weight excluding hydrogens is 777 g/mol. The number of benzene rings is 6. The quantitative estimate of drug-likeness (QED) is 0.149. The van der Waals surface area contributed by atoms with Gasteiger partial charge in [-0.1, -0.05) is 121 Å². The minimum Gasteiger partial charge on any atom is -0.505 e. The van der Waals surface area contributed by atoms with Crippen molar-refractivity contribution in [3.05, 3.63) is 192 Å². The highest BCUT2D eigenvalue weighted by molar-refractivity contribution is 5.87. The summed E-state index contributed by atoms with van der Waals surface area (Å²) in [7, 11) is 0. The Morgan fingerprint density at radius 2 is 0.873 bits per heavy atom. The van der Waals surface area contributed by atoms with Gasteiger partial charge in [0, 0.05) is 46.7 Å². The van der Waals surface area contributed by atoms with Crippen molar-refractivity contribution in [2.24, 2.45) is 0 Å². The molecule has 0 saturated heterocycles. The second-order valence-corrected chi connectivity index (χ2v) is 16.2. The molecule has 0 bridgehead atoms. The number of aromatic hydroxyl groups is 2. The third kappa shape index (κ3) is 9.15. The molecule has 2 aliphatic heterocycles. The Morgan fingerprint density at radius 1 is 0.476 bits per heavy atom. The van der Waals surface area contributed by atoms with Crippen molar-refractivity contribution in [2.45, 2.75) is 58.2 Å². The zero-order chi connectivity index (χ0) is 43.7. The van der Waals surface area contributed by atoms with Crippen molar-refractivity contribution in [3.63, 3.8) is 0 Å². The molecule has 63 heavy (non-hydrogen) atoms. The van der Waals surface area contributed by atoms with Crippen LogP contribution in [0, 0.1) is 26.7 Å². The molecule has 0 amide bonds. The number of rotatable bonds is 8. The van der Waals surface area contributed by atoms with E-state index in [0.29, 0.717) is 24.6 Å². The minimum atomic E-state index is -0.230. The van der Waals surface area contributed by atoms with Crippen molar-refractivity contribution >= 4 is 22.7 Å². The molecule has 6 nitrogen and oxygen atoms in total. The summed E-state index contributed by atoms with van der Waals surface area (Å²) in [5, 5.41) is 24.4. The number of phenolic OH excluding ortho intramolecular Hbond substituents is 2. The molecule has 2 atom stereocenters. The fraction of sp³-hybridized carbons (Fsp3) is 0.193. The normalized spacial score (nSPS) is 18.9. The van der Waals surface area contributed by atoms with E-state index in [2.05, 4.69) is 146 Å². The molecule has 0 spiro atoms. The number of terminal acetylenes is 1. The molecule has 1 aliphatic carbocycles. The first-order valence-electron chi connectivity index (χ1n) is 21.8.